The molecule has 13 heavy (non-hydrogen) atoms. The van der Waals surface area contributed by atoms with Crippen molar-refractivity contribution in [3.8, 4) is 0 Å². The lowest BCUT2D eigenvalue weighted by atomic mass is 10.1. The number of hydrogen-bond acceptors (Lipinski definition) is 3. The number of nitrogens with zero attached hydrogens (tertiary/aromatic N) is 1. The zero-order valence-electron chi connectivity index (χ0n) is 6.79. The van der Waals surface area contributed by atoms with E-state index in [-0.39, 0.29) is 0 Å². The number of halogens is 1. The summed E-state index contributed by atoms with van der Waals surface area (Å²) in [5, 5.41) is 1.30. The second kappa shape index (κ2) is 2.78. The number of aromatic nitrogens is 1. The van der Waals surface area contributed by atoms with Crippen molar-refractivity contribution in [2.24, 2.45) is 0 Å². The van der Waals surface area contributed by atoms with Gasteiger partial charge in [-0.25, -0.2) is 0 Å². The van der Waals surface area contributed by atoms with Crippen molar-refractivity contribution in [1.29, 1.82) is 0 Å². The van der Waals surface area contributed by atoms with Crippen LogP contribution in [-0.2, 0) is 0 Å². The van der Waals surface area contributed by atoms with Gasteiger partial charge < -0.3 is 11.5 Å². The van der Waals surface area contributed by atoms with E-state index in [1.54, 1.807) is 24.4 Å². The Kier molecular flexibility index (Phi) is 1.74. The predicted molar refractivity (Wildman–Crippen MR) is 55.6 cm³/mol. The molecule has 0 unspecified atom stereocenters. The maximum atomic E-state index is 5.96. The highest BCUT2D eigenvalue weighted by Crippen LogP contribution is 2.30. The average molecular weight is 194 g/mol. The molecule has 2 aromatic rings. The highest BCUT2D eigenvalue weighted by molar-refractivity contribution is 6.36. The SMILES string of the molecule is Nc1ccc2nccc(Cl)c2c1N. The summed E-state index contributed by atoms with van der Waals surface area (Å²) in [5.74, 6) is 0. The number of nitrogens with two attached hydrogens (primary N) is 2. The number of nitrogen functional groups attached to an aromatic ring is 2. The topological polar surface area (TPSA) is 64.9 Å². The molecule has 0 saturated carbocycles. The fourth-order valence-electron chi connectivity index (χ4n) is 1.25. The number of fused-ring (bicyclic) bond motifs is 1. The molecule has 4 N–H and O–H groups in total. The summed E-state index contributed by atoms with van der Waals surface area (Å²) in [7, 11) is 0. The minimum atomic E-state index is 0.496. The van der Waals surface area contributed by atoms with Gasteiger partial charge in [0.2, 0.25) is 0 Å². The molecule has 66 valence electrons. The van der Waals surface area contributed by atoms with Gasteiger partial charge in [0.1, 0.15) is 0 Å². The van der Waals surface area contributed by atoms with Gasteiger partial charge in [-0.1, -0.05) is 11.6 Å². The Morgan fingerprint density at radius 2 is 1.92 bits per heavy atom. The van der Waals surface area contributed by atoms with Gasteiger partial charge >= 0.3 is 0 Å². The molecule has 1 heterocycles. The molecule has 1 aromatic carbocycles. The van der Waals surface area contributed by atoms with Crippen molar-refractivity contribution in [3.63, 3.8) is 0 Å². The lowest BCUT2D eigenvalue weighted by molar-refractivity contribution is 1.41. The van der Waals surface area contributed by atoms with Gasteiger partial charge in [-0.05, 0) is 18.2 Å². The Balaban J connectivity index is 2.97. The van der Waals surface area contributed by atoms with Crippen LogP contribution in [0.15, 0.2) is 24.4 Å². The van der Waals surface area contributed by atoms with Gasteiger partial charge in [0, 0.05) is 11.6 Å². The lowest BCUT2D eigenvalue weighted by Crippen LogP contribution is -1.96. The highest BCUT2D eigenvalue weighted by Gasteiger charge is 2.05. The molecule has 4 heteroatoms. The Morgan fingerprint density at radius 1 is 1.15 bits per heavy atom. The number of anilines is 2. The fraction of sp³-hybridized carbons (Fsp3) is 0. The van der Waals surface area contributed by atoms with E-state index in [1.165, 1.54) is 0 Å². The summed E-state index contributed by atoms with van der Waals surface area (Å²) >= 11 is 5.96. The predicted octanol–water partition coefficient (Wildman–Crippen LogP) is 2.05. The van der Waals surface area contributed by atoms with Crippen LogP contribution in [0.4, 0.5) is 11.4 Å². The molecule has 0 atom stereocenters. The molecular weight excluding hydrogens is 186 g/mol. The number of benzene rings is 1. The Hall–Kier alpha value is -1.48. The van der Waals surface area contributed by atoms with E-state index in [2.05, 4.69) is 4.98 Å². The van der Waals surface area contributed by atoms with E-state index in [0.29, 0.717) is 16.4 Å². The van der Waals surface area contributed by atoms with E-state index in [0.717, 1.165) is 10.9 Å². The first-order valence-electron chi connectivity index (χ1n) is 3.78. The third-order valence-corrected chi connectivity index (χ3v) is 2.25. The molecule has 0 aliphatic rings. The molecule has 0 aliphatic carbocycles. The standard InChI is InChI=1S/C9H8ClN3/c10-5-3-4-13-7-2-1-6(11)9(12)8(5)7/h1-4H,11-12H2. The molecule has 0 bridgehead atoms. The summed E-state index contributed by atoms with van der Waals surface area (Å²) in [5.41, 5.74) is 13.2. The summed E-state index contributed by atoms with van der Waals surface area (Å²) in [6, 6.07) is 5.22. The average Bonchev–Trinajstić information content (AvgIpc) is 2.12. The first-order chi connectivity index (χ1) is 6.20. The number of rotatable bonds is 0. The van der Waals surface area contributed by atoms with E-state index in [1.807, 2.05) is 0 Å². The van der Waals surface area contributed by atoms with Crippen LogP contribution >= 0.6 is 11.6 Å². The molecule has 2 rings (SSSR count). The maximum Gasteiger partial charge on any atom is 0.0739 e. The first kappa shape index (κ1) is 8.13. The van der Waals surface area contributed by atoms with Crippen molar-refractivity contribution in [2.45, 2.75) is 0 Å². The number of pyridine rings is 1. The molecule has 0 amide bonds. The summed E-state index contributed by atoms with van der Waals surface area (Å²) < 4.78 is 0. The third kappa shape index (κ3) is 1.17. The first-order valence-corrected chi connectivity index (χ1v) is 4.16. The van der Waals surface area contributed by atoms with Crippen LogP contribution < -0.4 is 11.5 Å². The van der Waals surface area contributed by atoms with Gasteiger partial charge in [-0.15, -0.1) is 0 Å². The number of hydrogen-bond donors (Lipinski definition) is 2. The summed E-state index contributed by atoms with van der Waals surface area (Å²) in [6.45, 7) is 0. The molecule has 0 radical (unpaired) electrons. The van der Waals surface area contributed by atoms with Crippen molar-refractivity contribution in [2.75, 3.05) is 11.5 Å². The molecule has 1 aromatic heterocycles. The molecule has 0 saturated heterocycles. The van der Waals surface area contributed by atoms with Crippen molar-refractivity contribution in [1.82, 2.24) is 4.98 Å². The van der Waals surface area contributed by atoms with Gasteiger partial charge in [-0.2, -0.15) is 0 Å². The van der Waals surface area contributed by atoms with Crippen LogP contribution in [0.25, 0.3) is 10.9 Å². The maximum absolute atomic E-state index is 5.96. The Morgan fingerprint density at radius 3 is 2.69 bits per heavy atom. The minimum Gasteiger partial charge on any atom is -0.397 e. The molecular formula is C9H8ClN3. The van der Waals surface area contributed by atoms with Gasteiger partial charge in [-0.3, -0.25) is 4.98 Å². The van der Waals surface area contributed by atoms with Crippen molar-refractivity contribution >= 4 is 33.9 Å². The third-order valence-electron chi connectivity index (χ3n) is 1.93. The van der Waals surface area contributed by atoms with Crippen LogP contribution in [0.2, 0.25) is 5.02 Å². The molecule has 3 nitrogen and oxygen atoms in total. The van der Waals surface area contributed by atoms with Crippen LogP contribution in [0.5, 0.6) is 0 Å². The summed E-state index contributed by atoms with van der Waals surface area (Å²) in [4.78, 5) is 4.12. The zero-order chi connectivity index (χ0) is 9.42. The molecule has 0 fully saturated rings. The summed E-state index contributed by atoms with van der Waals surface area (Å²) in [6.07, 6.45) is 1.64. The highest BCUT2D eigenvalue weighted by atomic mass is 35.5. The largest absolute Gasteiger partial charge is 0.397 e. The van der Waals surface area contributed by atoms with Crippen LogP contribution in [0, 0.1) is 0 Å². The van der Waals surface area contributed by atoms with Crippen LogP contribution in [0.3, 0.4) is 0 Å². The quantitative estimate of drug-likeness (QED) is 0.630. The van der Waals surface area contributed by atoms with E-state index in [4.69, 9.17) is 23.1 Å². The lowest BCUT2D eigenvalue weighted by Gasteiger charge is -2.05. The van der Waals surface area contributed by atoms with Crippen LogP contribution in [-0.4, -0.2) is 4.98 Å². The monoisotopic (exact) mass is 193 g/mol. The normalized spacial score (nSPS) is 10.5. The fourth-order valence-corrected chi connectivity index (χ4v) is 1.50. The zero-order valence-corrected chi connectivity index (χ0v) is 7.55. The van der Waals surface area contributed by atoms with E-state index >= 15 is 0 Å². The van der Waals surface area contributed by atoms with Crippen LogP contribution in [0.1, 0.15) is 0 Å². The van der Waals surface area contributed by atoms with Crippen molar-refractivity contribution in [3.05, 3.63) is 29.4 Å². The van der Waals surface area contributed by atoms with Gasteiger partial charge in [0.15, 0.2) is 0 Å². The Labute approximate surface area is 80.3 Å². The van der Waals surface area contributed by atoms with Gasteiger partial charge in [0.25, 0.3) is 0 Å². The van der Waals surface area contributed by atoms with E-state index < -0.39 is 0 Å². The smallest absolute Gasteiger partial charge is 0.0739 e. The van der Waals surface area contributed by atoms with E-state index in [9.17, 15) is 0 Å². The molecule has 0 spiro atoms. The molecule has 0 aliphatic heterocycles. The second-order valence-electron chi connectivity index (χ2n) is 2.76. The second-order valence-corrected chi connectivity index (χ2v) is 3.16. The minimum absolute atomic E-state index is 0.496. The van der Waals surface area contributed by atoms with Gasteiger partial charge in [0.05, 0.1) is 21.9 Å². The van der Waals surface area contributed by atoms with Crippen molar-refractivity contribution < 1.29 is 0 Å². The Bertz CT molecular complexity index is 468.